The maximum Gasteiger partial charge on any atom is 0.255 e. The molecule has 0 bridgehead atoms. The molecule has 3 aromatic rings. The van der Waals surface area contributed by atoms with Crippen LogP contribution in [0.4, 0.5) is 17.5 Å². The molecule has 1 N–H and O–H groups in total. The predicted octanol–water partition coefficient (Wildman–Crippen LogP) is 4.25. The van der Waals surface area contributed by atoms with Crippen LogP contribution >= 0.6 is 15.9 Å². The summed E-state index contributed by atoms with van der Waals surface area (Å²) in [6.07, 6.45) is 0. The minimum Gasteiger partial charge on any atom is -0.340 e. The largest absolute Gasteiger partial charge is 0.340 e. The molecule has 148 valence electrons. The number of aromatic nitrogens is 2. The van der Waals surface area contributed by atoms with Crippen molar-refractivity contribution < 1.29 is 4.79 Å². The molecular weight excluding hydrogens is 430 g/mol. The summed E-state index contributed by atoms with van der Waals surface area (Å²) in [7, 11) is 0. The Morgan fingerprint density at radius 1 is 0.966 bits per heavy atom. The van der Waals surface area contributed by atoms with Gasteiger partial charge in [0.2, 0.25) is 5.95 Å². The highest BCUT2D eigenvalue weighted by atomic mass is 79.9. The fraction of sp³-hybridized carbons (Fsp3) is 0.227. The fourth-order valence-corrected chi connectivity index (χ4v) is 3.80. The second kappa shape index (κ2) is 8.61. The molecule has 0 saturated carbocycles. The van der Waals surface area contributed by atoms with Gasteiger partial charge in [0.25, 0.3) is 5.91 Å². The van der Waals surface area contributed by atoms with E-state index in [1.807, 2.05) is 72.5 Å². The minimum absolute atomic E-state index is 0.0497. The first-order valence-corrected chi connectivity index (χ1v) is 10.4. The lowest BCUT2D eigenvalue weighted by molar-refractivity contribution is 0.0745. The number of nitrogens with zero attached hydrogens (tertiary/aromatic N) is 4. The Hall–Kier alpha value is -2.93. The molecule has 7 heteroatoms. The van der Waals surface area contributed by atoms with Gasteiger partial charge in [-0.05, 0) is 47.1 Å². The normalized spacial score (nSPS) is 14.0. The lowest BCUT2D eigenvalue weighted by atomic mass is 10.2. The standard InChI is InChI=1S/C22H22BrN5O/c1-16-15-20(25-17-7-3-2-4-8-17)26-22(24-16)28-13-11-27(12-14-28)21(29)18-9-5-6-10-19(18)23/h2-10,15H,11-14H2,1H3,(H,24,25,26). The van der Waals surface area contributed by atoms with Gasteiger partial charge < -0.3 is 15.1 Å². The topological polar surface area (TPSA) is 61.4 Å². The Kier molecular flexibility index (Phi) is 5.76. The van der Waals surface area contributed by atoms with Crippen molar-refractivity contribution in [3.63, 3.8) is 0 Å². The van der Waals surface area contributed by atoms with Gasteiger partial charge >= 0.3 is 0 Å². The Balaban J connectivity index is 1.44. The Bertz CT molecular complexity index is 1000. The van der Waals surface area contributed by atoms with Crippen LogP contribution in [-0.4, -0.2) is 47.0 Å². The number of benzene rings is 2. The van der Waals surface area contributed by atoms with Crippen molar-refractivity contribution in [2.75, 3.05) is 36.4 Å². The zero-order chi connectivity index (χ0) is 20.2. The minimum atomic E-state index is 0.0497. The smallest absolute Gasteiger partial charge is 0.255 e. The summed E-state index contributed by atoms with van der Waals surface area (Å²) in [6.45, 7) is 4.64. The van der Waals surface area contributed by atoms with Crippen molar-refractivity contribution in [3.8, 4) is 0 Å². The Morgan fingerprint density at radius 3 is 2.38 bits per heavy atom. The number of carbonyl (C=O) groups excluding carboxylic acids is 1. The number of nitrogens with one attached hydrogen (secondary N) is 1. The highest BCUT2D eigenvalue weighted by Crippen LogP contribution is 2.21. The molecule has 0 radical (unpaired) electrons. The van der Waals surface area contributed by atoms with E-state index >= 15 is 0 Å². The monoisotopic (exact) mass is 451 g/mol. The van der Waals surface area contributed by atoms with Crippen LogP contribution in [0, 0.1) is 6.92 Å². The summed E-state index contributed by atoms with van der Waals surface area (Å²) < 4.78 is 0.825. The first-order valence-electron chi connectivity index (χ1n) is 9.57. The van der Waals surface area contributed by atoms with Gasteiger partial charge in [-0.15, -0.1) is 0 Å². The molecule has 2 aromatic carbocycles. The lowest BCUT2D eigenvalue weighted by Crippen LogP contribution is -2.49. The maximum absolute atomic E-state index is 12.8. The summed E-state index contributed by atoms with van der Waals surface area (Å²) >= 11 is 3.47. The van der Waals surface area contributed by atoms with Crippen LogP contribution in [-0.2, 0) is 0 Å². The third kappa shape index (κ3) is 4.56. The average Bonchev–Trinajstić information content (AvgIpc) is 2.74. The molecule has 1 saturated heterocycles. The van der Waals surface area contributed by atoms with Gasteiger partial charge in [0.15, 0.2) is 0 Å². The van der Waals surface area contributed by atoms with E-state index < -0.39 is 0 Å². The Morgan fingerprint density at radius 2 is 1.66 bits per heavy atom. The molecule has 0 spiro atoms. The van der Waals surface area contributed by atoms with Gasteiger partial charge in [-0.3, -0.25) is 4.79 Å². The van der Waals surface area contributed by atoms with E-state index in [0.29, 0.717) is 37.7 Å². The summed E-state index contributed by atoms with van der Waals surface area (Å²) in [5, 5.41) is 3.33. The molecule has 4 rings (SSSR count). The van der Waals surface area contributed by atoms with Gasteiger partial charge in [-0.2, -0.15) is 4.98 Å². The number of halogens is 1. The highest BCUT2D eigenvalue weighted by molar-refractivity contribution is 9.10. The summed E-state index contributed by atoms with van der Waals surface area (Å²) in [4.78, 5) is 26.1. The number of piperazine rings is 1. The van der Waals surface area contributed by atoms with Crippen LogP contribution in [0.15, 0.2) is 65.1 Å². The van der Waals surface area contributed by atoms with Gasteiger partial charge in [-0.1, -0.05) is 30.3 Å². The third-order valence-electron chi connectivity index (χ3n) is 4.84. The number of hydrogen-bond donors (Lipinski definition) is 1. The lowest BCUT2D eigenvalue weighted by Gasteiger charge is -2.35. The number of amides is 1. The van der Waals surface area contributed by atoms with E-state index in [9.17, 15) is 4.79 Å². The van der Waals surface area contributed by atoms with Gasteiger partial charge in [0, 0.05) is 48.1 Å². The number of carbonyl (C=O) groups is 1. The van der Waals surface area contributed by atoms with E-state index in [1.165, 1.54) is 0 Å². The van der Waals surface area contributed by atoms with Crippen LogP contribution in [0.3, 0.4) is 0 Å². The SMILES string of the molecule is Cc1cc(Nc2ccccc2)nc(N2CCN(C(=O)c3ccccc3Br)CC2)n1. The van der Waals surface area contributed by atoms with E-state index in [1.54, 1.807) is 0 Å². The van der Waals surface area contributed by atoms with Crippen molar-refractivity contribution in [2.24, 2.45) is 0 Å². The van der Waals surface area contributed by atoms with E-state index in [-0.39, 0.29) is 5.91 Å². The van der Waals surface area contributed by atoms with Crippen LogP contribution < -0.4 is 10.2 Å². The molecule has 0 unspecified atom stereocenters. The van der Waals surface area contributed by atoms with E-state index in [0.717, 1.165) is 21.7 Å². The molecule has 1 aromatic heterocycles. The highest BCUT2D eigenvalue weighted by Gasteiger charge is 2.24. The molecule has 2 heterocycles. The molecule has 1 fully saturated rings. The van der Waals surface area contributed by atoms with E-state index in [2.05, 4.69) is 36.1 Å². The summed E-state index contributed by atoms with van der Waals surface area (Å²) in [5.41, 5.74) is 2.59. The number of anilines is 3. The first-order chi connectivity index (χ1) is 14.1. The third-order valence-corrected chi connectivity index (χ3v) is 5.53. The molecule has 1 amide bonds. The second-order valence-corrected chi connectivity index (χ2v) is 7.80. The van der Waals surface area contributed by atoms with E-state index in [4.69, 9.17) is 0 Å². The van der Waals surface area contributed by atoms with Crippen LogP contribution in [0.5, 0.6) is 0 Å². The maximum atomic E-state index is 12.8. The van der Waals surface area contributed by atoms with Crippen LogP contribution in [0.25, 0.3) is 0 Å². The zero-order valence-corrected chi connectivity index (χ0v) is 17.8. The summed E-state index contributed by atoms with van der Waals surface area (Å²) in [5.74, 6) is 1.51. The number of hydrogen-bond acceptors (Lipinski definition) is 5. The summed E-state index contributed by atoms with van der Waals surface area (Å²) in [6, 6.07) is 19.4. The van der Waals surface area contributed by atoms with Gasteiger partial charge in [0.05, 0.1) is 5.56 Å². The molecular formula is C22H22BrN5O. The van der Waals surface area contributed by atoms with Gasteiger partial charge in [0.1, 0.15) is 5.82 Å². The van der Waals surface area contributed by atoms with Crippen molar-refractivity contribution in [1.82, 2.24) is 14.9 Å². The second-order valence-electron chi connectivity index (χ2n) is 6.94. The van der Waals surface area contributed by atoms with Crippen molar-refractivity contribution in [2.45, 2.75) is 6.92 Å². The van der Waals surface area contributed by atoms with Gasteiger partial charge in [-0.25, -0.2) is 4.98 Å². The van der Waals surface area contributed by atoms with Crippen LogP contribution in [0.2, 0.25) is 0 Å². The molecule has 1 aliphatic rings. The molecule has 0 atom stereocenters. The number of aryl methyl sites for hydroxylation is 1. The van der Waals surface area contributed by atoms with Crippen molar-refractivity contribution in [1.29, 1.82) is 0 Å². The number of para-hydroxylation sites is 1. The average molecular weight is 452 g/mol. The molecule has 6 nitrogen and oxygen atoms in total. The van der Waals surface area contributed by atoms with Crippen molar-refractivity contribution >= 4 is 39.3 Å². The molecule has 0 aliphatic carbocycles. The predicted molar refractivity (Wildman–Crippen MR) is 119 cm³/mol. The Labute approximate surface area is 178 Å². The first kappa shape index (κ1) is 19.4. The van der Waals surface area contributed by atoms with Crippen LogP contribution in [0.1, 0.15) is 16.1 Å². The quantitative estimate of drug-likeness (QED) is 0.642. The molecule has 1 aliphatic heterocycles. The van der Waals surface area contributed by atoms with Crippen molar-refractivity contribution in [3.05, 3.63) is 76.4 Å². The molecule has 29 heavy (non-hydrogen) atoms. The zero-order valence-electron chi connectivity index (χ0n) is 16.2. The number of rotatable bonds is 4. The fourth-order valence-electron chi connectivity index (χ4n) is 3.34.